The zero-order valence-electron chi connectivity index (χ0n) is 6.80. The summed E-state index contributed by atoms with van der Waals surface area (Å²) in [6.45, 7) is 4.29. The van der Waals surface area contributed by atoms with Crippen molar-refractivity contribution in [3.8, 4) is 0 Å². The zero-order valence-corrected chi connectivity index (χ0v) is 6.80. The van der Waals surface area contributed by atoms with Gasteiger partial charge in [0.1, 0.15) is 0 Å². The fourth-order valence-corrected chi connectivity index (χ4v) is 0.875. The second-order valence-corrected chi connectivity index (χ2v) is 2.60. The van der Waals surface area contributed by atoms with Crippen LogP contribution in [0.3, 0.4) is 0 Å². The van der Waals surface area contributed by atoms with Gasteiger partial charge < -0.3 is 15.7 Å². The predicted octanol–water partition coefficient (Wildman–Crippen LogP) is -0.694. The minimum absolute atomic E-state index is 0.264. The highest BCUT2D eigenvalue weighted by Gasteiger charge is 2.05. The third-order valence-corrected chi connectivity index (χ3v) is 1.65. The van der Waals surface area contributed by atoms with Crippen molar-refractivity contribution in [3.63, 3.8) is 0 Å². The Hall–Kier alpha value is -0.770. The summed E-state index contributed by atoms with van der Waals surface area (Å²) >= 11 is 0. The molecule has 1 heterocycles. The molecule has 0 spiro atoms. The van der Waals surface area contributed by atoms with Crippen molar-refractivity contribution in [2.75, 3.05) is 19.6 Å². The van der Waals surface area contributed by atoms with Gasteiger partial charge in [-0.05, 0) is 6.42 Å². The Bertz CT molecular complexity index is 147. The third kappa shape index (κ3) is 2.76. The molecule has 0 aliphatic carbocycles. The summed E-state index contributed by atoms with van der Waals surface area (Å²) in [7, 11) is 0. The average molecular weight is 157 g/mol. The number of aliphatic hydroxyl groups excluding tert-OH is 1. The zero-order chi connectivity index (χ0) is 8.10. The molecule has 1 atom stereocenters. The minimum atomic E-state index is -0.264. The molecule has 4 heteroatoms. The summed E-state index contributed by atoms with van der Waals surface area (Å²) in [5.41, 5.74) is 0. The maximum atomic E-state index is 9.17. The van der Waals surface area contributed by atoms with Gasteiger partial charge in [-0.2, -0.15) is 0 Å². The molecule has 11 heavy (non-hydrogen) atoms. The Balaban J connectivity index is 2.11. The quantitative estimate of drug-likeness (QED) is 0.508. The molecule has 1 aliphatic rings. The number of rotatable bonds is 3. The van der Waals surface area contributed by atoms with E-state index in [1.807, 2.05) is 6.92 Å². The van der Waals surface area contributed by atoms with E-state index in [4.69, 9.17) is 0 Å². The molecule has 3 N–H and O–H groups in total. The van der Waals surface area contributed by atoms with E-state index in [9.17, 15) is 5.11 Å². The van der Waals surface area contributed by atoms with Crippen molar-refractivity contribution >= 4 is 5.96 Å². The summed E-state index contributed by atoms with van der Waals surface area (Å²) in [6, 6.07) is 0. The second kappa shape index (κ2) is 4.18. The molecule has 0 bridgehead atoms. The molecule has 0 fully saturated rings. The van der Waals surface area contributed by atoms with E-state index in [-0.39, 0.29) is 6.10 Å². The Labute approximate surface area is 66.7 Å². The summed E-state index contributed by atoms with van der Waals surface area (Å²) in [6.07, 6.45) is 0.514. The standard InChI is InChI=1S/C7H15N3O/c1-2-6(11)5-10-7-8-3-4-9-7/h6,11H,2-5H2,1H3,(H2,8,9,10)/t6-/m0/s1. The van der Waals surface area contributed by atoms with Gasteiger partial charge in [0.15, 0.2) is 5.96 Å². The van der Waals surface area contributed by atoms with Crippen LogP contribution in [-0.2, 0) is 0 Å². The van der Waals surface area contributed by atoms with Crippen LogP contribution in [-0.4, -0.2) is 36.8 Å². The lowest BCUT2D eigenvalue weighted by atomic mass is 10.3. The van der Waals surface area contributed by atoms with Gasteiger partial charge in [-0.1, -0.05) is 6.92 Å². The van der Waals surface area contributed by atoms with E-state index < -0.39 is 0 Å². The maximum absolute atomic E-state index is 9.17. The molecular formula is C7H15N3O. The number of nitrogens with one attached hydrogen (secondary N) is 2. The van der Waals surface area contributed by atoms with Gasteiger partial charge in [0.05, 0.1) is 12.6 Å². The van der Waals surface area contributed by atoms with Gasteiger partial charge in [-0.15, -0.1) is 0 Å². The Morgan fingerprint density at radius 2 is 2.64 bits per heavy atom. The van der Waals surface area contributed by atoms with Crippen LogP contribution in [0.25, 0.3) is 0 Å². The number of guanidine groups is 1. The van der Waals surface area contributed by atoms with Crippen LogP contribution >= 0.6 is 0 Å². The molecule has 64 valence electrons. The summed E-state index contributed by atoms with van der Waals surface area (Å²) in [5, 5.41) is 15.3. The molecule has 0 unspecified atom stereocenters. The van der Waals surface area contributed by atoms with Crippen LogP contribution < -0.4 is 10.6 Å². The maximum Gasteiger partial charge on any atom is 0.191 e. The van der Waals surface area contributed by atoms with Gasteiger partial charge >= 0.3 is 0 Å². The van der Waals surface area contributed by atoms with Crippen LogP contribution in [0.4, 0.5) is 0 Å². The molecule has 0 saturated heterocycles. The molecule has 0 saturated carbocycles. The molecule has 0 aromatic rings. The van der Waals surface area contributed by atoms with E-state index >= 15 is 0 Å². The highest BCUT2D eigenvalue weighted by atomic mass is 16.3. The number of aliphatic hydroxyl groups is 1. The average Bonchev–Trinajstić information content (AvgIpc) is 2.52. The first kappa shape index (κ1) is 8.33. The van der Waals surface area contributed by atoms with E-state index in [1.165, 1.54) is 0 Å². The van der Waals surface area contributed by atoms with Gasteiger partial charge in [0.25, 0.3) is 0 Å². The van der Waals surface area contributed by atoms with Crippen LogP contribution in [0.5, 0.6) is 0 Å². The normalized spacial score (nSPS) is 18.9. The molecule has 0 aromatic heterocycles. The highest BCUT2D eigenvalue weighted by molar-refractivity contribution is 5.81. The highest BCUT2D eigenvalue weighted by Crippen LogP contribution is 1.87. The Kier molecular flexibility index (Phi) is 3.16. The smallest absolute Gasteiger partial charge is 0.191 e. The summed E-state index contributed by atoms with van der Waals surface area (Å²) < 4.78 is 0. The number of aliphatic imine (C=N–C) groups is 1. The topological polar surface area (TPSA) is 56.6 Å². The fourth-order valence-electron chi connectivity index (χ4n) is 0.875. The molecular weight excluding hydrogens is 142 g/mol. The van der Waals surface area contributed by atoms with Crippen LogP contribution in [0.2, 0.25) is 0 Å². The molecule has 4 nitrogen and oxygen atoms in total. The number of hydrogen-bond acceptors (Lipinski definition) is 4. The largest absolute Gasteiger partial charge is 0.391 e. The van der Waals surface area contributed by atoms with Crippen LogP contribution in [0.1, 0.15) is 13.3 Å². The van der Waals surface area contributed by atoms with Gasteiger partial charge in [0, 0.05) is 13.1 Å². The second-order valence-electron chi connectivity index (χ2n) is 2.60. The van der Waals surface area contributed by atoms with Crippen molar-refractivity contribution < 1.29 is 5.11 Å². The first-order valence-electron chi connectivity index (χ1n) is 4.03. The predicted molar refractivity (Wildman–Crippen MR) is 44.6 cm³/mol. The van der Waals surface area contributed by atoms with Crippen LogP contribution in [0, 0.1) is 0 Å². The van der Waals surface area contributed by atoms with Gasteiger partial charge in [-0.25, -0.2) is 0 Å². The number of hydrogen-bond donors (Lipinski definition) is 3. The van der Waals surface area contributed by atoms with Crippen LogP contribution in [0.15, 0.2) is 4.99 Å². The minimum Gasteiger partial charge on any atom is -0.391 e. The Morgan fingerprint density at radius 1 is 1.82 bits per heavy atom. The van der Waals surface area contributed by atoms with Crippen molar-refractivity contribution in [1.29, 1.82) is 0 Å². The summed E-state index contributed by atoms with van der Waals surface area (Å²) in [4.78, 5) is 4.13. The lowest BCUT2D eigenvalue weighted by Crippen LogP contribution is -2.38. The SMILES string of the molecule is CC[C@H](O)CNC1=NCCN1. The number of nitrogens with zero attached hydrogens (tertiary/aromatic N) is 1. The van der Waals surface area contributed by atoms with Crippen molar-refractivity contribution in [3.05, 3.63) is 0 Å². The molecule has 0 amide bonds. The van der Waals surface area contributed by atoms with E-state index in [2.05, 4.69) is 15.6 Å². The monoisotopic (exact) mass is 157 g/mol. The van der Waals surface area contributed by atoms with Crippen molar-refractivity contribution in [2.45, 2.75) is 19.4 Å². The lowest BCUT2D eigenvalue weighted by molar-refractivity contribution is 0.173. The van der Waals surface area contributed by atoms with E-state index in [1.54, 1.807) is 0 Å². The third-order valence-electron chi connectivity index (χ3n) is 1.65. The first-order valence-corrected chi connectivity index (χ1v) is 4.03. The lowest BCUT2D eigenvalue weighted by Gasteiger charge is -2.09. The molecule has 1 aliphatic heterocycles. The van der Waals surface area contributed by atoms with Gasteiger partial charge in [0.2, 0.25) is 0 Å². The van der Waals surface area contributed by atoms with E-state index in [0.29, 0.717) is 6.54 Å². The first-order chi connectivity index (χ1) is 5.33. The molecule has 0 aromatic carbocycles. The summed E-state index contributed by atoms with van der Waals surface area (Å²) in [5.74, 6) is 0.817. The molecule has 0 radical (unpaired) electrons. The van der Waals surface area contributed by atoms with Crippen molar-refractivity contribution in [2.24, 2.45) is 4.99 Å². The van der Waals surface area contributed by atoms with Crippen molar-refractivity contribution in [1.82, 2.24) is 10.6 Å². The Morgan fingerprint density at radius 3 is 3.18 bits per heavy atom. The molecule has 1 rings (SSSR count). The van der Waals surface area contributed by atoms with Gasteiger partial charge in [-0.3, -0.25) is 4.99 Å². The van der Waals surface area contributed by atoms with E-state index in [0.717, 1.165) is 25.5 Å². The fraction of sp³-hybridized carbons (Fsp3) is 0.857.